The molecule has 2 N–H and O–H groups in total. The van der Waals surface area contributed by atoms with Crippen molar-refractivity contribution in [2.75, 3.05) is 0 Å². The molecule has 4 heteroatoms. The summed E-state index contributed by atoms with van der Waals surface area (Å²) < 4.78 is 0. The number of carbonyl (C=O) groups is 1. The van der Waals surface area contributed by atoms with Gasteiger partial charge in [0.1, 0.15) is 0 Å². The van der Waals surface area contributed by atoms with Crippen molar-refractivity contribution in [3.8, 4) is 0 Å². The molecule has 154 valence electrons. The summed E-state index contributed by atoms with van der Waals surface area (Å²) >= 11 is 0. The van der Waals surface area contributed by atoms with E-state index in [4.69, 9.17) is 0 Å². The van der Waals surface area contributed by atoms with E-state index in [1.165, 1.54) is 43.9 Å². The number of fused-ring (bicyclic) bond motifs is 3. The SMILES string of the molecule is CC(NC(=O)/C=C/c1cc2c(cn1)[nH]c1ccccc12)C12CC3CC(CC(C3)C1)C2. The van der Waals surface area contributed by atoms with Gasteiger partial charge in [-0.3, -0.25) is 9.78 Å². The Balaban J connectivity index is 1.18. The van der Waals surface area contributed by atoms with Gasteiger partial charge in [-0.25, -0.2) is 0 Å². The number of para-hydroxylation sites is 1. The highest BCUT2D eigenvalue weighted by Crippen LogP contribution is 2.61. The number of pyridine rings is 1. The van der Waals surface area contributed by atoms with Crippen molar-refractivity contribution in [2.24, 2.45) is 23.2 Å². The maximum absolute atomic E-state index is 12.7. The lowest BCUT2D eigenvalue weighted by Crippen LogP contribution is -2.55. The van der Waals surface area contributed by atoms with Crippen molar-refractivity contribution in [3.63, 3.8) is 0 Å². The molecule has 30 heavy (non-hydrogen) atoms. The number of benzene rings is 1. The molecule has 4 aliphatic rings. The van der Waals surface area contributed by atoms with E-state index in [1.807, 2.05) is 24.4 Å². The van der Waals surface area contributed by atoms with Crippen molar-refractivity contribution in [1.82, 2.24) is 15.3 Å². The minimum Gasteiger partial charge on any atom is -0.353 e. The molecule has 2 aromatic heterocycles. The summed E-state index contributed by atoms with van der Waals surface area (Å²) in [5.41, 5.74) is 3.27. The van der Waals surface area contributed by atoms with Crippen LogP contribution in [0.15, 0.2) is 42.6 Å². The van der Waals surface area contributed by atoms with Crippen LogP contribution in [0.1, 0.15) is 51.1 Å². The molecular weight excluding hydrogens is 370 g/mol. The summed E-state index contributed by atoms with van der Waals surface area (Å²) in [5, 5.41) is 5.64. The Morgan fingerprint density at radius 2 is 1.80 bits per heavy atom. The minimum absolute atomic E-state index is 0.000862. The predicted octanol–water partition coefficient (Wildman–Crippen LogP) is 5.45. The lowest BCUT2D eigenvalue weighted by Gasteiger charge is -2.59. The summed E-state index contributed by atoms with van der Waals surface area (Å²) in [4.78, 5) is 20.6. The molecule has 4 bridgehead atoms. The third-order valence-electron chi connectivity index (χ3n) is 8.18. The van der Waals surface area contributed by atoms with Crippen LogP contribution >= 0.6 is 0 Å². The van der Waals surface area contributed by atoms with Crippen LogP contribution in [0.5, 0.6) is 0 Å². The van der Waals surface area contributed by atoms with Crippen LogP contribution in [0.25, 0.3) is 27.9 Å². The molecule has 2 heterocycles. The molecule has 1 amide bonds. The Morgan fingerprint density at radius 1 is 1.10 bits per heavy atom. The quantitative estimate of drug-likeness (QED) is 0.573. The zero-order valence-electron chi connectivity index (χ0n) is 17.5. The molecule has 1 aromatic carbocycles. The zero-order chi connectivity index (χ0) is 20.3. The van der Waals surface area contributed by atoms with Crippen LogP contribution in [0, 0.1) is 23.2 Å². The summed E-state index contributed by atoms with van der Waals surface area (Å²) in [6.45, 7) is 2.23. The van der Waals surface area contributed by atoms with Crippen molar-refractivity contribution >= 4 is 33.8 Å². The van der Waals surface area contributed by atoms with E-state index in [2.05, 4.69) is 40.4 Å². The molecule has 0 saturated heterocycles. The summed E-state index contributed by atoms with van der Waals surface area (Å²) in [6, 6.07) is 10.6. The highest BCUT2D eigenvalue weighted by atomic mass is 16.1. The maximum Gasteiger partial charge on any atom is 0.244 e. The Morgan fingerprint density at radius 3 is 2.53 bits per heavy atom. The van der Waals surface area contributed by atoms with Crippen molar-refractivity contribution < 1.29 is 4.79 Å². The molecule has 4 aliphatic carbocycles. The first-order valence-corrected chi connectivity index (χ1v) is 11.4. The molecule has 1 unspecified atom stereocenters. The molecular formula is C26H29N3O. The molecule has 4 nitrogen and oxygen atoms in total. The predicted molar refractivity (Wildman–Crippen MR) is 121 cm³/mol. The van der Waals surface area contributed by atoms with Crippen molar-refractivity contribution in [3.05, 3.63) is 48.3 Å². The topological polar surface area (TPSA) is 57.8 Å². The Bertz CT molecular complexity index is 1120. The van der Waals surface area contributed by atoms with Crippen LogP contribution in [0.2, 0.25) is 0 Å². The molecule has 4 fully saturated rings. The van der Waals surface area contributed by atoms with E-state index in [-0.39, 0.29) is 11.9 Å². The molecule has 0 spiro atoms. The zero-order valence-corrected chi connectivity index (χ0v) is 17.5. The number of aromatic amines is 1. The number of rotatable bonds is 4. The third-order valence-corrected chi connectivity index (χ3v) is 8.18. The standard InChI is InChI=1S/C26H29N3O/c1-16(26-12-17-8-18(13-26)10-19(9-17)14-26)28-25(30)7-6-20-11-22-21-4-2-3-5-23(21)29-24(22)15-27-20/h2-7,11,15-19,29H,8-10,12-14H2,1H3,(H,28,30)/b7-6+. The molecule has 7 rings (SSSR count). The Kier molecular flexibility index (Phi) is 4.06. The molecule has 0 aliphatic heterocycles. The van der Waals surface area contributed by atoms with Crippen LogP contribution in [-0.2, 0) is 4.79 Å². The molecule has 0 radical (unpaired) electrons. The van der Waals surface area contributed by atoms with Gasteiger partial charge < -0.3 is 10.3 Å². The number of H-pyrrole nitrogens is 1. The van der Waals surface area contributed by atoms with Gasteiger partial charge in [0.25, 0.3) is 0 Å². The fourth-order valence-corrected chi connectivity index (χ4v) is 7.14. The number of hydrogen-bond donors (Lipinski definition) is 2. The second kappa shape index (κ2) is 6.69. The summed E-state index contributed by atoms with van der Waals surface area (Å²) in [7, 11) is 0. The van der Waals surface area contributed by atoms with Crippen molar-refractivity contribution in [1.29, 1.82) is 0 Å². The number of hydrogen-bond acceptors (Lipinski definition) is 2. The minimum atomic E-state index is -0.000862. The fraction of sp³-hybridized carbons (Fsp3) is 0.462. The highest BCUT2D eigenvalue weighted by Gasteiger charge is 2.53. The smallest absolute Gasteiger partial charge is 0.244 e. The summed E-state index contributed by atoms with van der Waals surface area (Å²) in [6.07, 6.45) is 13.6. The lowest BCUT2D eigenvalue weighted by molar-refractivity contribution is -0.121. The van der Waals surface area contributed by atoms with E-state index >= 15 is 0 Å². The van der Waals surface area contributed by atoms with Gasteiger partial charge >= 0.3 is 0 Å². The molecule has 1 atom stereocenters. The van der Waals surface area contributed by atoms with Crippen LogP contribution < -0.4 is 5.32 Å². The van der Waals surface area contributed by atoms with Gasteiger partial charge in [0.2, 0.25) is 5.91 Å². The first kappa shape index (κ1) is 18.2. The van der Waals surface area contributed by atoms with Gasteiger partial charge in [-0.1, -0.05) is 18.2 Å². The van der Waals surface area contributed by atoms with Crippen LogP contribution in [-0.4, -0.2) is 21.9 Å². The average Bonchev–Trinajstić information content (AvgIpc) is 3.09. The third kappa shape index (κ3) is 2.96. The van der Waals surface area contributed by atoms with Gasteiger partial charge in [0.15, 0.2) is 0 Å². The molecule has 4 saturated carbocycles. The maximum atomic E-state index is 12.7. The number of nitrogens with one attached hydrogen (secondary N) is 2. The fourth-order valence-electron chi connectivity index (χ4n) is 7.14. The van der Waals surface area contributed by atoms with E-state index < -0.39 is 0 Å². The number of nitrogens with zero attached hydrogens (tertiary/aromatic N) is 1. The average molecular weight is 400 g/mol. The van der Waals surface area contributed by atoms with Gasteiger partial charge in [0, 0.05) is 28.4 Å². The number of aromatic nitrogens is 2. The van der Waals surface area contributed by atoms with Gasteiger partial charge in [0.05, 0.1) is 17.4 Å². The number of carbonyl (C=O) groups excluding carboxylic acids is 1. The second-order valence-electron chi connectivity index (χ2n) is 10.2. The lowest BCUT2D eigenvalue weighted by atomic mass is 9.48. The van der Waals surface area contributed by atoms with E-state index in [9.17, 15) is 4.79 Å². The van der Waals surface area contributed by atoms with Gasteiger partial charge in [-0.05, 0) is 86.8 Å². The monoisotopic (exact) mass is 399 g/mol. The molecule has 3 aromatic rings. The Labute approximate surface area is 177 Å². The van der Waals surface area contributed by atoms with Crippen LogP contribution in [0.3, 0.4) is 0 Å². The van der Waals surface area contributed by atoms with E-state index in [0.717, 1.165) is 39.9 Å². The van der Waals surface area contributed by atoms with Gasteiger partial charge in [-0.2, -0.15) is 0 Å². The second-order valence-corrected chi connectivity index (χ2v) is 10.2. The van der Waals surface area contributed by atoms with Crippen molar-refractivity contribution in [2.45, 2.75) is 51.5 Å². The first-order valence-electron chi connectivity index (χ1n) is 11.4. The first-order chi connectivity index (χ1) is 14.6. The van der Waals surface area contributed by atoms with E-state index in [0.29, 0.717) is 5.41 Å². The number of amides is 1. The normalized spacial score (nSPS) is 31.0. The Hall–Kier alpha value is -2.62. The largest absolute Gasteiger partial charge is 0.353 e. The summed E-state index contributed by atoms with van der Waals surface area (Å²) in [5.74, 6) is 2.70. The van der Waals surface area contributed by atoms with E-state index in [1.54, 1.807) is 6.08 Å². The van der Waals surface area contributed by atoms with Gasteiger partial charge in [-0.15, -0.1) is 0 Å². The van der Waals surface area contributed by atoms with Crippen LogP contribution in [0.4, 0.5) is 0 Å². The highest BCUT2D eigenvalue weighted by molar-refractivity contribution is 6.07.